The third-order valence-corrected chi connectivity index (χ3v) is 3.38. The molecule has 0 aliphatic carbocycles. The molecule has 0 saturated carbocycles. The fourth-order valence-electron chi connectivity index (χ4n) is 1.57. The zero-order chi connectivity index (χ0) is 9.42. The number of ether oxygens (including phenoxy) is 1. The lowest BCUT2D eigenvalue weighted by atomic mass is 10.0. The molecule has 70 valence electrons. The van der Waals surface area contributed by atoms with Crippen molar-refractivity contribution in [2.45, 2.75) is 19.4 Å². The number of hydrogen-bond acceptors (Lipinski definition) is 2. The van der Waals surface area contributed by atoms with E-state index < -0.39 is 0 Å². The molecule has 1 aromatic carbocycles. The maximum absolute atomic E-state index is 5.89. The van der Waals surface area contributed by atoms with Crippen LogP contribution in [-0.2, 0) is 6.42 Å². The van der Waals surface area contributed by atoms with Crippen LogP contribution in [0.4, 0.5) is 0 Å². The fraction of sp³-hybridized carbons (Fsp3) is 0.400. The highest BCUT2D eigenvalue weighted by atomic mass is 127. The monoisotopic (exact) mass is 289 g/mol. The largest absolute Gasteiger partial charge is 0.491 e. The number of halogens is 1. The van der Waals surface area contributed by atoms with Gasteiger partial charge in [0, 0.05) is 9.13 Å². The molecule has 1 aromatic rings. The first-order chi connectivity index (χ1) is 6.22. The van der Waals surface area contributed by atoms with Crippen LogP contribution in [0.15, 0.2) is 12.1 Å². The molecule has 0 unspecified atom stereocenters. The first-order valence-electron chi connectivity index (χ1n) is 4.43. The summed E-state index contributed by atoms with van der Waals surface area (Å²) >= 11 is 2.34. The van der Waals surface area contributed by atoms with Gasteiger partial charge in [0.15, 0.2) is 0 Å². The zero-order valence-electron chi connectivity index (χ0n) is 7.51. The van der Waals surface area contributed by atoms with E-state index in [9.17, 15) is 0 Å². The van der Waals surface area contributed by atoms with Crippen molar-refractivity contribution in [1.82, 2.24) is 0 Å². The molecule has 1 atom stereocenters. The smallest absolute Gasteiger partial charge is 0.125 e. The van der Waals surface area contributed by atoms with Gasteiger partial charge in [0.1, 0.15) is 12.4 Å². The van der Waals surface area contributed by atoms with Crippen molar-refractivity contribution in [2.75, 3.05) is 6.61 Å². The van der Waals surface area contributed by atoms with Crippen LogP contribution in [-0.4, -0.2) is 6.61 Å². The van der Waals surface area contributed by atoms with E-state index in [-0.39, 0.29) is 6.04 Å². The van der Waals surface area contributed by atoms with Crippen molar-refractivity contribution < 1.29 is 4.74 Å². The van der Waals surface area contributed by atoms with Crippen molar-refractivity contribution in [3.05, 3.63) is 26.8 Å². The van der Waals surface area contributed by atoms with E-state index in [1.54, 1.807) is 0 Å². The maximum atomic E-state index is 5.89. The van der Waals surface area contributed by atoms with Gasteiger partial charge < -0.3 is 10.5 Å². The minimum Gasteiger partial charge on any atom is -0.491 e. The molecule has 0 bridgehead atoms. The van der Waals surface area contributed by atoms with Crippen LogP contribution in [0.25, 0.3) is 0 Å². The van der Waals surface area contributed by atoms with Crippen LogP contribution in [0.1, 0.15) is 24.1 Å². The molecule has 0 amide bonds. The van der Waals surface area contributed by atoms with E-state index in [0.29, 0.717) is 6.61 Å². The Bertz CT molecular complexity index is 338. The average Bonchev–Trinajstić information content (AvgIpc) is 2.46. The van der Waals surface area contributed by atoms with E-state index in [1.165, 1.54) is 9.13 Å². The van der Waals surface area contributed by atoms with Gasteiger partial charge in [-0.1, -0.05) is 6.92 Å². The predicted octanol–water partition coefficient (Wildman–Crippen LogP) is 2.25. The van der Waals surface area contributed by atoms with Crippen LogP contribution < -0.4 is 10.5 Å². The average molecular weight is 289 g/mol. The quantitative estimate of drug-likeness (QED) is 0.805. The molecular weight excluding hydrogens is 277 g/mol. The normalized spacial score (nSPS) is 19.8. The van der Waals surface area contributed by atoms with Gasteiger partial charge in [0.25, 0.3) is 0 Å². The Morgan fingerprint density at radius 2 is 2.38 bits per heavy atom. The minimum absolute atomic E-state index is 0.0669. The number of nitrogens with two attached hydrogens (primary N) is 1. The predicted molar refractivity (Wildman–Crippen MR) is 61.0 cm³/mol. The zero-order valence-corrected chi connectivity index (χ0v) is 9.67. The highest BCUT2D eigenvalue weighted by molar-refractivity contribution is 14.1. The van der Waals surface area contributed by atoms with Gasteiger partial charge in [-0.05, 0) is 46.7 Å². The minimum atomic E-state index is 0.0669. The van der Waals surface area contributed by atoms with Gasteiger partial charge >= 0.3 is 0 Å². The molecule has 0 aromatic heterocycles. The highest BCUT2D eigenvalue weighted by Gasteiger charge is 2.21. The Hall–Kier alpha value is -0.290. The van der Waals surface area contributed by atoms with Gasteiger partial charge in [-0.15, -0.1) is 0 Å². The van der Waals surface area contributed by atoms with E-state index in [0.717, 1.165) is 17.7 Å². The number of aryl methyl sites for hydroxylation is 1. The van der Waals surface area contributed by atoms with E-state index in [1.807, 2.05) is 0 Å². The second kappa shape index (κ2) is 3.46. The summed E-state index contributed by atoms with van der Waals surface area (Å²) in [6.45, 7) is 2.78. The second-order valence-electron chi connectivity index (χ2n) is 3.25. The third-order valence-electron chi connectivity index (χ3n) is 2.38. The topological polar surface area (TPSA) is 35.2 Å². The molecule has 1 aliphatic heterocycles. The van der Waals surface area contributed by atoms with E-state index >= 15 is 0 Å². The lowest BCUT2D eigenvalue weighted by molar-refractivity contribution is 0.333. The summed E-state index contributed by atoms with van der Waals surface area (Å²) < 4.78 is 6.73. The Morgan fingerprint density at radius 1 is 1.62 bits per heavy atom. The molecule has 2 rings (SSSR count). The van der Waals surface area contributed by atoms with Gasteiger partial charge in [-0.3, -0.25) is 0 Å². The summed E-state index contributed by atoms with van der Waals surface area (Å²) in [6, 6.07) is 4.33. The van der Waals surface area contributed by atoms with Crippen LogP contribution in [0.2, 0.25) is 0 Å². The second-order valence-corrected chi connectivity index (χ2v) is 4.41. The molecule has 2 nitrogen and oxygen atoms in total. The van der Waals surface area contributed by atoms with Crippen molar-refractivity contribution in [2.24, 2.45) is 5.73 Å². The molecular formula is C10H12INO. The first-order valence-corrected chi connectivity index (χ1v) is 5.51. The van der Waals surface area contributed by atoms with Crippen LogP contribution in [0.5, 0.6) is 5.75 Å². The number of hydrogen-bond donors (Lipinski definition) is 1. The molecule has 3 heteroatoms. The Morgan fingerprint density at radius 3 is 3.08 bits per heavy atom. The summed E-state index contributed by atoms with van der Waals surface area (Å²) in [5, 5.41) is 0. The molecule has 1 aliphatic rings. The van der Waals surface area contributed by atoms with Gasteiger partial charge in [-0.25, -0.2) is 0 Å². The molecule has 2 N–H and O–H groups in total. The first kappa shape index (κ1) is 9.27. The van der Waals surface area contributed by atoms with Crippen LogP contribution in [0, 0.1) is 3.57 Å². The molecule has 0 spiro atoms. The van der Waals surface area contributed by atoms with Crippen LogP contribution >= 0.6 is 22.6 Å². The summed E-state index contributed by atoms with van der Waals surface area (Å²) in [7, 11) is 0. The van der Waals surface area contributed by atoms with Gasteiger partial charge in [0.2, 0.25) is 0 Å². The number of fused-ring (bicyclic) bond motifs is 1. The van der Waals surface area contributed by atoms with E-state index in [2.05, 4.69) is 41.6 Å². The number of benzene rings is 1. The summed E-state index contributed by atoms with van der Waals surface area (Å²) in [6.07, 6.45) is 1.05. The van der Waals surface area contributed by atoms with Gasteiger partial charge in [-0.2, -0.15) is 0 Å². The third kappa shape index (κ3) is 1.55. The van der Waals surface area contributed by atoms with Crippen molar-refractivity contribution in [3.63, 3.8) is 0 Å². The van der Waals surface area contributed by atoms with E-state index in [4.69, 9.17) is 10.5 Å². The molecule has 13 heavy (non-hydrogen) atoms. The lowest BCUT2D eigenvalue weighted by Gasteiger charge is -2.06. The molecule has 0 radical (unpaired) electrons. The maximum Gasteiger partial charge on any atom is 0.125 e. The van der Waals surface area contributed by atoms with Crippen molar-refractivity contribution in [1.29, 1.82) is 0 Å². The van der Waals surface area contributed by atoms with Gasteiger partial charge in [0.05, 0.1) is 6.04 Å². The molecule has 0 saturated heterocycles. The van der Waals surface area contributed by atoms with Crippen molar-refractivity contribution >= 4 is 22.6 Å². The highest BCUT2D eigenvalue weighted by Crippen LogP contribution is 2.34. The van der Waals surface area contributed by atoms with Crippen molar-refractivity contribution in [3.8, 4) is 5.75 Å². The Kier molecular flexibility index (Phi) is 2.47. The summed E-state index contributed by atoms with van der Waals surface area (Å²) in [5.41, 5.74) is 8.42. The number of rotatable bonds is 1. The summed E-state index contributed by atoms with van der Waals surface area (Å²) in [5.74, 6) is 0.967. The molecule has 0 fully saturated rings. The standard InChI is InChI=1S/C10H12INO/c1-2-6-3-7-9(12)5-13-10(7)4-8(6)11/h3-4,9H,2,5,12H2,1H3/t9-/m0/s1. The summed E-state index contributed by atoms with van der Waals surface area (Å²) in [4.78, 5) is 0. The molecule has 1 heterocycles. The Balaban J connectivity index is 2.51. The van der Waals surface area contributed by atoms with Crippen LogP contribution in [0.3, 0.4) is 0 Å². The SMILES string of the molecule is CCc1cc2c(cc1I)OC[C@@H]2N. The fourth-order valence-corrected chi connectivity index (χ4v) is 2.39. The Labute approximate surface area is 91.6 Å². The lowest BCUT2D eigenvalue weighted by Crippen LogP contribution is -2.10.